The lowest BCUT2D eigenvalue weighted by atomic mass is 10.1. The van der Waals surface area contributed by atoms with Crippen molar-refractivity contribution in [1.82, 2.24) is 10.2 Å². The van der Waals surface area contributed by atoms with Crippen LogP contribution in [0.3, 0.4) is 0 Å². The maximum atomic E-state index is 13.1. The van der Waals surface area contributed by atoms with Crippen molar-refractivity contribution < 1.29 is 13.9 Å². The van der Waals surface area contributed by atoms with Crippen LogP contribution in [0.1, 0.15) is 36.6 Å². The minimum atomic E-state index is -0.278. The number of amides is 2. The summed E-state index contributed by atoms with van der Waals surface area (Å²) in [5.74, 6) is -0.278. The fraction of sp³-hybridized carbons (Fsp3) is 0.350. The van der Waals surface area contributed by atoms with E-state index in [0.717, 1.165) is 16.7 Å². The molecular weight excluding hydrogens is 319 g/mol. The first-order valence-electron chi connectivity index (χ1n) is 8.41. The lowest BCUT2D eigenvalue weighted by Gasteiger charge is -2.28. The molecule has 0 aromatic heterocycles. The van der Waals surface area contributed by atoms with Crippen molar-refractivity contribution in [2.75, 3.05) is 13.7 Å². The minimum Gasteiger partial charge on any atom is -0.380 e. The Morgan fingerprint density at radius 3 is 2.52 bits per heavy atom. The zero-order valence-electron chi connectivity index (χ0n) is 15.0. The smallest absolute Gasteiger partial charge is 0.318 e. The van der Waals surface area contributed by atoms with Crippen LogP contribution in [0.2, 0.25) is 0 Å². The van der Waals surface area contributed by atoms with Crippen molar-refractivity contribution in [1.29, 1.82) is 0 Å². The third-order valence-electron chi connectivity index (χ3n) is 4.17. The Morgan fingerprint density at radius 1 is 1.20 bits per heavy atom. The molecule has 0 spiro atoms. The Bertz CT molecular complexity index is 688. The number of methoxy groups -OCH3 is 1. The Labute approximate surface area is 148 Å². The van der Waals surface area contributed by atoms with Crippen LogP contribution in [-0.2, 0) is 17.9 Å². The van der Waals surface area contributed by atoms with E-state index in [1.807, 2.05) is 38.1 Å². The number of rotatable bonds is 7. The normalized spacial score (nSPS) is 11.8. The summed E-state index contributed by atoms with van der Waals surface area (Å²) >= 11 is 0. The number of nitrogens with zero attached hydrogens (tertiary/aromatic N) is 1. The number of ether oxygens (including phenoxy) is 1. The van der Waals surface area contributed by atoms with Gasteiger partial charge in [0.15, 0.2) is 0 Å². The molecule has 1 atom stereocenters. The highest BCUT2D eigenvalue weighted by atomic mass is 19.1. The van der Waals surface area contributed by atoms with Gasteiger partial charge in [0.2, 0.25) is 0 Å². The highest BCUT2D eigenvalue weighted by Gasteiger charge is 2.19. The highest BCUT2D eigenvalue weighted by molar-refractivity contribution is 5.74. The van der Waals surface area contributed by atoms with Crippen LogP contribution in [0.5, 0.6) is 0 Å². The summed E-state index contributed by atoms with van der Waals surface area (Å²) in [7, 11) is 1.66. The van der Waals surface area contributed by atoms with Crippen LogP contribution in [0.25, 0.3) is 0 Å². The van der Waals surface area contributed by atoms with Crippen LogP contribution in [0, 0.1) is 5.82 Å². The number of benzene rings is 2. The van der Waals surface area contributed by atoms with Gasteiger partial charge in [-0.15, -0.1) is 0 Å². The molecule has 25 heavy (non-hydrogen) atoms. The molecule has 2 aromatic carbocycles. The monoisotopic (exact) mass is 344 g/mol. The quantitative estimate of drug-likeness (QED) is 0.815. The SMILES string of the molecule is CCN(C(=O)NCc1cccc(COC)c1)C(C)c1ccc(F)cc1. The van der Waals surface area contributed by atoms with E-state index in [2.05, 4.69) is 5.32 Å². The molecule has 134 valence electrons. The Morgan fingerprint density at radius 2 is 1.88 bits per heavy atom. The molecule has 1 N–H and O–H groups in total. The fourth-order valence-electron chi connectivity index (χ4n) is 2.79. The molecule has 0 aliphatic rings. The minimum absolute atomic E-state index is 0.134. The molecule has 0 radical (unpaired) electrons. The van der Waals surface area contributed by atoms with Gasteiger partial charge in [-0.1, -0.05) is 36.4 Å². The Kier molecular flexibility index (Phi) is 6.95. The molecule has 2 aromatic rings. The number of carbonyl (C=O) groups excluding carboxylic acids is 1. The van der Waals surface area contributed by atoms with Crippen LogP contribution in [0.15, 0.2) is 48.5 Å². The second kappa shape index (κ2) is 9.18. The van der Waals surface area contributed by atoms with E-state index in [-0.39, 0.29) is 17.9 Å². The second-order valence-electron chi connectivity index (χ2n) is 5.93. The van der Waals surface area contributed by atoms with Gasteiger partial charge in [-0.05, 0) is 42.7 Å². The molecule has 0 heterocycles. The second-order valence-corrected chi connectivity index (χ2v) is 5.93. The van der Waals surface area contributed by atoms with Gasteiger partial charge in [0, 0.05) is 20.2 Å². The van der Waals surface area contributed by atoms with Crippen molar-refractivity contribution in [3.8, 4) is 0 Å². The van der Waals surface area contributed by atoms with Crippen molar-refractivity contribution in [3.05, 3.63) is 71.0 Å². The van der Waals surface area contributed by atoms with E-state index in [0.29, 0.717) is 19.7 Å². The zero-order valence-corrected chi connectivity index (χ0v) is 15.0. The van der Waals surface area contributed by atoms with E-state index >= 15 is 0 Å². The lowest BCUT2D eigenvalue weighted by molar-refractivity contribution is 0.182. The average Bonchev–Trinajstić information content (AvgIpc) is 2.62. The molecule has 0 fully saturated rings. The standard InChI is InChI=1S/C20H25FN2O2/c1-4-23(15(2)18-8-10-19(21)11-9-18)20(24)22-13-16-6-5-7-17(12-16)14-25-3/h5-12,15H,4,13-14H2,1-3H3,(H,22,24). The molecule has 2 rings (SSSR count). The maximum Gasteiger partial charge on any atom is 0.318 e. The number of hydrogen-bond acceptors (Lipinski definition) is 2. The van der Waals surface area contributed by atoms with Gasteiger partial charge in [-0.3, -0.25) is 0 Å². The third-order valence-corrected chi connectivity index (χ3v) is 4.17. The number of nitrogens with one attached hydrogen (secondary N) is 1. The first-order chi connectivity index (χ1) is 12.0. The highest BCUT2D eigenvalue weighted by Crippen LogP contribution is 2.20. The number of halogens is 1. The summed E-state index contributed by atoms with van der Waals surface area (Å²) in [5, 5.41) is 2.95. The zero-order chi connectivity index (χ0) is 18.2. The van der Waals surface area contributed by atoms with Crippen molar-refractivity contribution in [3.63, 3.8) is 0 Å². The third kappa shape index (κ3) is 5.29. The van der Waals surface area contributed by atoms with E-state index in [1.54, 1.807) is 24.1 Å². The first-order valence-corrected chi connectivity index (χ1v) is 8.41. The molecule has 0 bridgehead atoms. The summed E-state index contributed by atoms with van der Waals surface area (Å²) in [4.78, 5) is 14.3. The topological polar surface area (TPSA) is 41.6 Å². The van der Waals surface area contributed by atoms with Crippen molar-refractivity contribution >= 4 is 6.03 Å². The van der Waals surface area contributed by atoms with E-state index in [4.69, 9.17) is 4.74 Å². The maximum absolute atomic E-state index is 13.1. The summed E-state index contributed by atoms with van der Waals surface area (Å²) < 4.78 is 18.2. The van der Waals surface area contributed by atoms with E-state index < -0.39 is 0 Å². The van der Waals surface area contributed by atoms with Gasteiger partial charge in [-0.2, -0.15) is 0 Å². The predicted octanol–water partition coefficient (Wildman–Crippen LogP) is 4.26. The Hall–Kier alpha value is -2.40. The van der Waals surface area contributed by atoms with E-state index in [9.17, 15) is 9.18 Å². The summed E-state index contributed by atoms with van der Waals surface area (Å²) in [6, 6.07) is 13.9. The number of hydrogen-bond donors (Lipinski definition) is 1. The van der Waals surface area contributed by atoms with Crippen LogP contribution in [0.4, 0.5) is 9.18 Å². The number of carbonyl (C=O) groups is 1. The Balaban J connectivity index is 1.99. The predicted molar refractivity (Wildman–Crippen MR) is 96.6 cm³/mol. The van der Waals surface area contributed by atoms with Gasteiger partial charge < -0.3 is 15.0 Å². The molecule has 0 saturated heterocycles. The molecule has 4 nitrogen and oxygen atoms in total. The molecule has 2 amide bonds. The van der Waals surface area contributed by atoms with Gasteiger partial charge in [0.05, 0.1) is 12.6 Å². The van der Waals surface area contributed by atoms with Gasteiger partial charge in [0.1, 0.15) is 5.82 Å². The average molecular weight is 344 g/mol. The summed E-state index contributed by atoms with van der Waals surface area (Å²) in [6.07, 6.45) is 0. The summed E-state index contributed by atoms with van der Waals surface area (Å²) in [5.41, 5.74) is 3.00. The van der Waals surface area contributed by atoms with E-state index in [1.165, 1.54) is 12.1 Å². The van der Waals surface area contributed by atoms with Crippen LogP contribution < -0.4 is 5.32 Å². The largest absolute Gasteiger partial charge is 0.380 e. The molecule has 0 aliphatic carbocycles. The van der Waals surface area contributed by atoms with Crippen LogP contribution >= 0.6 is 0 Å². The van der Waals surface area contributed by atoms with Gasteiger partial charge in [-0.25, -0.2) is 9.18 Å². The number of urea groups is 1. The van der Waals surface area contributed by atoms with Crippen molar-refractivity contribution in [2.45, 2.75) is 33.0 Å². The molecule has 0 saturated carbocycles. The molecular formula is C20H25FN2O2. The molecule has 5 heteroatoms. The fourth-order valence-corrected chi connectivity index (χ4v) is 2.79. The van der Waals surface area contributed by atoms with Gasteiger partial charge >= 0.3 is 6.03 Å². The van der Waals surface area contributed by atoms with Crippen molar-refractivity contribution in [2.24, 2.45) is 0 Å². The molecule has 1 unspecified atom stereocenters. The molecule has 0 aliphatic heterocycles. The van der Waals surface area contributed by atoms with Crippen LogP contribution in [-0.4, -0.2) is 24.6 Å². The summed E-state index contributed by atoms with van der Waals surface area (Å²) in [6.45, 7) is 5.43. The first kappa shape index (κ1) is 18.9. The lowest BCUT2D eigenvalue weighted by Crippen LogP contribution is -2.41. The van der Waals surface area contributed by atoms with Gasteiger partial charge in [0.25, 0.3) is 0 Å².